The second kappa shape index (κ2) is 15.0. The summed E-state index contributed by atoms with van der Waals surface area (Å²) in [6.07, 6.45) is 14.2. The van der Waals surface area contributed by atoms with E-state index in [2.05, 4.69) is 19.1 Å². The number of hydrogen-bond acceptors (Lipinski definition) is 3. The molecule has 0 aromatic heterocycles. The van der Waals surface area contributed by atoms with Crippen LogP contribution in [0, 0.1) is 5.92 Å². The van der Waals surface area contributed by atoms with Crippen LogP contribution in [0.3, 0.4) is 0 Å². The molecule has 1 heterocycles. The summed E-state index contributed by atoms with van der Waals surface area (Å²) in [6.45, 7) is 4.14. The topological polar surface area (TPSA) is 46.6 Å². The summed E-state index contributed by atoms with van der Waals surface area (Å²) in [7, 11) is 0. The number of aryl methyl sites for hydroxylation is 1. The molecule has 1 saturated heterocycles. The number of hydrogen-bond donors (Lipinski definition) is 0. The number of esters is 1. The normalized spacial score (nSPS) is 14.6. The van der Waals surface area contributed by atoms with E-state index in [0.29, 0.717) is 26.1 Å². The molecule has 0 atom stereocenters. The third-order valence-corrected chi connectivity index (χ3v) is 6.14. The number of ether oxygens (including phenoxy) is 1. The molecule has 4 heteroatoms. The van der Waals surface area contributed by atoms with Crippen molar-refractivity contribution in [3.63, 3.8) is 0 Å². The lowest BCUT2D eigenvalue weighted by atomic mass is 9.96. The van der Waals surface area contributed by atoms with Crippen molar-refractivity contribution in [1.82, 2.24) is 4.90 Å². The Kier molecular flexibility index (Phi) is 12.2. The molecule has 0 bridgehead atoms. The Hall–Kier alpha value is -1.84. The van der Waals surface area contributed by atoms with E-state index in [1.807, 2.05) is 23.1 Å². The van der Waals surface area contributed by atoms with E-state index in [9.17, 15) is 9.59 Å². The Morgan fingerprint density at radius 1 is 0.900 bits per heavy atom. The molecule has 1 aromatic rings. The van der Waals surface area contributed by atoms with Crippen molar-refractivity contribution in [2.45, 2.75) is 90.4 Å². The van der Waals surface area contributed by atoms with Gasteiger partial charge in [0.2, 0.25) is 5.91 Å². The SMILES string of the molecule is CCCCCCCCCCCOC(=O)C1CCN(C(=O)CCc2ccccc2)CC1. The minimum absolute atomic E-state index is 0.0401. The molecule has 0 radical (unpaired) electrons. The molecule has 1 aliphatic rings. The lowest BCUT2D eigenvalue weighted by molar-refractivity contribution is -0.151. The van der Waals surface area contributed by atoms with Gasteiger partial charge in [-0.25, -0.2) is 0 Å². The van der Waals surface area contributed by atoms with Crippen LogP contribution in [-0.4, -0.2) is 36.5 Å². The Morgan fingerprint density at radius 2 is 1.50 bits per heavy atom. The van der Waals surface area contributed by atoms with E-state index in [1.165, 1.54) is 50.5 Å². The molecule has 0 N–H and O–H groups in total. The van der Waals surface area contributed by atoms with Crippen molar-refractivity contribution in [2.24, 2.45) is 5.92 Å². The molecule has 1 aromatic carbocycles. The molecule has 1 aliphatic heterocycles. The maximum atomic E-state index is 12.4. The standard InChI is InChI=1S/C26H41NO3/c1-2-3-4-5-6-7-8-9-13-22-30-26(29)24-18-20-27(21-19-24)25(28)17-16-23-14-11-10-12-15-23/h10-12,14-15,24H,2-9,13,16-22H2,1H3. The van der Waals surface area contributed by atoms with Crippen LogP contribution in [0.15, 0.2) is 30.3 Å². The summed E-state index contributed by atoms with van der Waals surface area (Å²) < 4.78 is 5.50. The summed E-state index contributed by atoms with van der Waals surface area (Å²) in [4.78, 5) is 26.6. The third-order valence-electron chi connectivity index (χ3n) is 6.14. The van der Waals surface area contributed by atoms with Gasteiger partial charge in [0.25, 0.3) is 0 Å². The number of rotatable bonds is 14. The average molecular weight is 416 g/mol. The predicted octanol–water partition coefficient (Wildman–Crippen LogP) is 5.93. The Labute approximate surface area is 183 Å². The minimum atomic E-state index is -0.0639. The van der Waals surface area contributed by atoms with Gasteiger partial charge in [0.1, 0.15) is 0 Å². The fraction of sp³-hybridized carbons (Fsp3) is 0.692. The summed E-state index contributed by atoms with van der Waals surface area (Å²) in [5.41, 5.74) is 1.20. The van der Waals surface area contributed by atoms with E-state index >= 15 is 0 Å². The third kappa shape index (κ3) is 9.77. The van der Waals surface area contributed by atoms with Crippen LogP contribution in [-0.2, 0) is 20.7 Å². The maximum absolute atomic E-state index is 12.4. The van der Waals surface area contributed by atoms with Gasteiger partial charge in [-0.2, -0.15) is 0 Å². The van der Waals surface area contributed by atoms with E-state index in [0.717, 1.165) is 32.1 Å². The predicted molar refractivity (Wildman–Crippen MR) is 122 cm³/mol. The zero-order chi connectivity index (χ0) is 21.4. The smallest absolute Gasteiger partial charge is 0.309 e. The Morgan fingerprint density at radius 3 is 2.13 bits per heavy atom. The Balaban J connectivity index is 1.49. The second-order valence-electron chi connectivity index (χ2n) is 8.64. The molecule has 0 spiro atoms. The lowest BCUT2D eigenvalue weighted by Crippen LogP contribution is -2.40. The highest BCUT2D eigenvalue weighted by molar-refractivity contribution is 5.77. The number of unbranched alkanes of at least 4 members (excludes halogenated alkanes) is 8. The molecule has 0 unspecified atom stereocenters. The highest BCUT2D eigenvalue weighted by Gasteiger charge is 2.28. The van der Waals surface area contributed by atoms with Crippen LogP contribution >= 0.6 is 0 Å². The van der Waals surface area contributed by atoms with Crippen molar-refractivity contribution < 1.29 is 14.3 Å². The van der Waals surface area contributed by atoms with E-state index in [-0.39, 0.29) is 17.8 Å². The highest BCUT2D eigenvalue weighted by Crippen LogP contribution is 2.20. The molecule has 0 aliphatic carbocycles. The molecular weight excluding hydrogens is 374 g/mol. The molecule has 168 valence electrons. The van der Waals surface area contributed by atoms with Crippen molar-refractivity contribution in [3.8, 4) is 0 Å². The average Bonchev–Trinajstić information content (AvgIpc) is 2.79. The first-order chi connectivity index (χ1) is 14.7. The lowest BCUT2D eigenvalue weighted by Gasteiger charge is -2.31. The van der Waals surface area contributed by atoms with Gasteiger partial charge >= 0.3 is 5.97 Å². The molecule has 4 nitrogen and oxygen atoms in total. The molecule has 1 amide bonds. The molecule has 30 heavy (non-hydrogen) atoms. The minimum Gasteiger partial charge on any atom is -0.465 e. The first kappa shape index (κ1) is 24.4. The van der Waals surface area contributed by atoms with Crippen LogP contribution in [0.4, 0.5) is 0 Å². The van der Waals surface area contributed by atoms with Crippen LogP contribution in [0.2, 0.25) is 0 Å². The van der Waals surface area contributed by atoms with Gasteiger partial charge in [-0.1, -0.05) is 88.6 Å². The molecule has 2 rings (SSSR count). The first-order valence-electron chi connectivity index (χ1n) is 12.2. The van der Waals surface area contributed by atoms with Crippen molar-refractivity contribution in [2.75, 3.05) is 19.7 Å². The second-order valence-corrected chi connectivity index (χ2v) is 8.64. The van der Waals surface area contributed by atoms with E-state index in [4.69, 9.17) is 4.74 Å². The van der Waals surface area contributed by atoms with E-state index in [1.54, 1.807) is 0 Å². The summed E-state index contributed by atoms with van der Waals surface area (Å²) in [6, 6.07) is 10.1. The van der Waals surface area contributed by atoms with Crippen LogP contribution in [0.1, 0.15) is 89.5 Å². The quantitative estimate of drug-likeness (QED) is 0.279. The number of carbonyl (C=O) groups excluding carboxylic acids is 2. The van der Waals surface area contributed by atoms with Gasteiger partial charge < -0.3 is 9.64 Å². The molecular formula is C26H41NO3. The monoisotopic (exact) mass is 415 g/mol. The van der Waals surface area contributed by atoms with Gasteiger partial charge in [0.05, 0.1) is 12.5 Å². The number of benzene rings is 1. The zero-order valence-corrected chi connectivity index (χ0v) is 18.9. The summed E-state index contributed by atoms with van der Waals surface area (Å²) in [5.74, 6) is 0.0908. The van der Waals surface area contributed by atoms with Gasteiger partial charge in [0.15, 0.2) is 0 Å². The van der Waals surface area contributed by atoms with Gasteiger partial charge in [-0.15, -0.1) is 0 Å². The molecule has 0 saturated carbocycles. The van der Waals surface area contributed by atoms with Crippen LogP contribution in [0.5, 0.6) is 0 Å². The van der Waals surface area contributed by atoms with Crippen LogP contribution in [0.25, 0.3) is 0 Å². The van der Waals surface area contributed by atoms with Crippen molar-refractivity contribution >= 4 is 11.9 Å². The van der Waals surface area contributed by atoms with Gasteiger partial charge in [0, 0.05) is 19.5 Å². The Bertz CT molecular complexity index is 594. The number of nitrogens with zero attached hydrogens (tertiary/aromatic N) is 1. The number of likely N-dealkylation sites (tertiary alicyclic amines) is 1. The zero-order valence-electron chi connectivity index (χ0n) is 18.9. The van der Waals surface area contributed by atoms with Crippen molar-refractivity contribution in [1.29, 1.82) is 0 Å². The molecule has 1 fully saturated rings. The highest BCUT2D eigenvalue weighted by atomic mass is 16.5. The van der Waals surface area contributed by atoms with Gasteiger partial charge in [-0.05, 0) is 31.2 Å². The number of piperidine rings is 1. The summed E-state index contributed by atoms with van der Waals surface area (Å²) >= 11 is 0. The first-order valence-corrected chi connectivity index (χ1v) is 12.2. The van der Waals surface area contributed by atoms with Crippen LogP contribution < -0.4 is 0 Å². The largest absolute Gasteiger partial charge is 0.465 e. The summed E-state index contributed by atoms with van der Waals surface area (Å²) in [5, 5.41) is 0. The fourth-order valence-electron chi connectivity index (χ4n) is 4.12. The number of carbonyl (C=O) groups is 2. The van der Waals surface area contributed by atoms with Gasteiger partial charge in [-0.3, -0.25) is 9.59 Å². The van der Waals surface area contributed by atoms with E-state index < -0.39 is 0 Å². The fourth-order valence-corrected chi connectivity index (χ4v) is 4.12. The van der Waals surface area contributed by atoms with Crippen molar-refractivity contribution in [3.05, 3.63) is 35.9 Å². The number of amides is 1. The maximum Gasteiger partial charge on any atom is 0.309 e.